The van der Waals surface area contributed by atoms with Crippen LogP contribution in [0.1, 0.15) is 20.7 Å². The summed E-state index contributed by atoms with van der Waals surface area (Å²) < 4.78 is 5.78. The number of benzene rings is 2. The van der Waals surface area contributed by atoms with Crippen molar-refractivity contribution in [2.75, 3.05) is 12.4 Å². The molecular weight excluding hydrogens is 448 g/mol. The second-order valence-corrected chi connectivity index (χ2v) is 7.41. The van der Waals surface area contributed by atoms with Gasteiger partial charge in [-0.05, 0) is 29.8 Å². The van der Waals surface area contributed by atoms with Gasteiger partial charge in [0, 0.05) is 33.1 Å². The number of methoxy groups -OCH3 is 1. The third-order valence-electron chi connectivity index (χ3n) is 3.90. The molecule has 1 heterocycles. The van der Waals surface area contributed by atoms with Gasteiger partial charge >= 0.3 is 5.97 Å². The highest BCUT2D eigenvalue weighted by Gasteiger charge is 2.23. The molecule has 0 radical (unpaired) electrons. The average molecular weight is 461 g/mol. The number of nitro benzene ring substituents is 1. The summed E-state index contributed by atoms with van der Waals surface area (Å²) in [5.41, 5.74) is 1.82. The fraction of sp³-hybridized carbons (Fsp3) is 0.0526. The van der Waals surface area contributed by atoms with E-state index in [0.29, 0.717) is 10.6 Å². The molecule has 9 heteroatoms. The predicted molar refractivity (Wildman–Crippen MR) is 110 cm³/mol. The van der Waals surface area contributed by atoms with E-state index in [-0.39, 0.29) is 16.8 Å². The molecule has 142 valence electrons. The van der Waals surface area contributed by atoms with Gasteiger partial charge < -0.3 is 10.1 Å². The summed E-state index contributed by atoms with van der Waals surface area (Å²) in [6.45, 7) is 0. The lowest BCUT2D eigenvalue weighted by atomic mass is 10.0. The molecule has 0 bridgehead atoms. The molecule has 28 heavy (non-hydrogen) atoms. The molecule has 0 unspecified atom stereocenters. The standard InChI is InChI=1S/C19H13BrN2O5S/c1-27-19(24)16-15(11-2-6-13(20)7-3-11)10-28-18(16)21-17(23)12-4-8-14(9-5-12)22(25)26/h2-10H,1H3,(H,21,23). The molecule has 0 saturated carbocycles. The largest absolute Gasteiger partial charge is 0.465 e. The third-order valence-corrected chi connectivity index (χ3v) is 5.33. The van der Waals surface area contributed by atoms with E-state index in [2.05, 4.69) is 21.2 Å². The van der Waals surface area contributed by atoms with E-state index in [1.165, 1.54) is 42.7 Å². The monoisotopic (exact) mass is 460 g/mol. The van der Waals surface area contributed by atoms with E-state index < -0.39 is 16.8 Å². The summed E-state index contributed by atoms with van der Waals surface area (Å²) in [5, 5.41) is 15.5. The Bertz CT molecular complexity index is 1050. The van der Waals surface area contributed by atoms with Crippen LogP contribution in [0.25, 0.3) is 11.1 Å². The number of nitrogens with one attached hydrogen (secondary N) is 1. The molecular formula is C19H13BrN2O5S. The van der Waals surface area contributed by atoms with Crippen LogP contribution in [0.5, 0.6) is 0 Å². The molecule has 0 aliphatic rings. The van der Waals surface area contributed by atoms with Gasteiger partial charge in [-0.2, -0.15) is 0 Å². The second-order valence-electron chi connectivity index (χ2n) is 5.61. The molecule has 0 saturated heterocycles. The number of hydrogen-bond acceptors (Lipinski definition) is 6. The Hall–Kier alpha value is -3.04. The first kappa shape index (κ1) is 19.7. The molecule has 0 aliphatic heterocycles. The first-order chi connectivity index (χ1) is 13.4. The van der Waals surface area contributed by atoms with E-state index in [0.717, 1.165) is 10.0 Å². The van der Waals surface area contributed by atoms with Gasteiger partial charge in [0.25, 0.3) is 11.6 Å². The Morgan fingerprint density at radius 2 is 1.75 bits per heavy atom. The number of amides is 1. The Balaban J connectivity index is 1.93. The number of nitrogens with zero attached hydrogens (tertiary/aromatic N) is 1. The van der Waals surface area contributed by atoms with Crippen molar-refractivity contribution in [3.8, 4) is 11.1 Å². The number of nitro groups is 1. The second kappa shape index (κ2) is 8.32. The highest BCUT2D eigenvalue weighted by Crippen LogP contribution is 2.36. The van der Waals surface area contributed by atoms with Crippen LogP contribution in [0.3, 0.4) is 0 Å². The minimum Gasteiger partial charge on any atom is -0.465 e. The molecule has 1 N–H and O–H groups in total. The van der Waals surface area contributed by atoms with Crippen molar-refractivity contribution in [2.24, 2.45) is 0 Å². The third kappa shape index (κ3) is 4.10. The zero-order chi connectivity index (χ0) is 20.3. The van der Waals surface area contributed by atoms with E-state index >= 15 is 0 Å². The van der Waals surface area contributed by atoms with Crippen molar-refractivity contribution >= 4 is 49.8 Å². The van der Waals surface area contributed by atoms with E-state index in [9.17, 15) is 19.7 Å². The Kier molecular flexibility index (Phi) is 5.86. The van der Waals surface area contributed by atoms with E-state index in [4.69, 9.17) is 4.74 Å². The quantitative estimate of drug-likeness (QED) is 0.323. The number of halogens is 1. The first-order valence-electron chi connectivity index (χ1n) is 7.92. The Morgan fingerprint density at radius 3 is 2.32 bits per heavy atom. The lowest BCUT2D eigenvalue weighted by Crippen LogP contribution is -2.14. The molecule has 7 nitrogen and oxygen atoms in total. The van der Waals surface area contributed by atoms with Gasteiger partial charge in [0.15, 0.2) is 0 Å². The number of carbonyl (C=O) groups is 2. The van der Waals surface area contributed by atoms with Crippen molar-refractivity contribution in [1.29, 1.82) is 0 Å². The van der Waals surface area contributed by atoms with Gasteiger partial charge in [-0.25, -0.2) is 4.79 Å². The van der Waals surface area contributed by atoms with Gasteiger partial charge in [0.1, 0.15) is 10.6 Å². The first-order valence-corrected chi connectivity index (χ1v) is 9.59. The highest BCUT2D eigenvalue weighted by atomic mass is 79.9. The molecule has 0 spiro atoms. The number of non-ortho nitro benzene ring substituents is 1. The van der Waals surface area contributed by atoms with Crippen molar-refractivity contribution in [3.05, 3.63) is 79.6 Å². The molecule has 0 atom stereocenters. The van der Waals surface area contributed by atoms with Crippen molar-refractivity contribution in [3.63, 3.8) is 0 Å². The SMILES string of the molecule is COC(=O)c1c(-c2ccc(Br)cc2)csc1NC(=O)c1ccc([N+](=O)[O-])cc1. The molecule has 3 rings (SSSR count). The molecule has 0 fully saturated rings. The summed E-state index contributed by atoms with van der Waals surface area (Å²) in [7, 11) is 1.27. The van der Waals surface area contributed by atoms with Gasteiger partial charge in [-0.15, -0.1) is 11.3 Å². The highest BCUT2D eigenvalue weighted by molar-refractivity contribution is 9.10. The number of thiophene rings is 1. The Labute approximate surface area is 172 Å². The number of esters is 1. The molecule has 2 aromatic carbocycles. The minimum absolute atomic E-state index is 0.111. The number of anilines is 1. The molecule has 0 aliphatic carbocycles. The maximum absolute atomic E-state index is 12.5. The van der Waals surface area contributed by atoms with Crippen LogP contribution >= 0.6 is 27.3 Å². The summed E-state index contributed by atoms with van der Waals surface area (Å²) in [6.07, 6.45) is 0. The van der Waals surface area contributed by atoms with Crippen molar-refractivity contribution in [1.82, 2.24) is 0 Å². The zero-order valence-corrected chi connectivity index (χ0v) is 16.9. The number of rotatable bonds is 5. The lowest BCUT2D eigenvalue weighted by molar-refractivity contribution is -0.384. The van der Waals surface area contributed by atoms with E-state index in [1.807, 2.05) is 24.3 Å². The van der Waals surface area contributed by atoms with Crippen molar-refractivity contribution < 1.29 is 19.2 Å². The van der Waals surface area contributed by atoms with Crippen LogP contribution in [0.15, 0.2) is 58.4 Å². The number of ether oxygens (including phenoxy) is 1. The van der Waals surface area contributed by atoms with Crippen LogP contribution in [-0.2, 0) is 4.74 Å². The topological polar surface area (TPSA) is 98.5 Å². The van der Waals surface area contributed by atoms with Crippen LogP contribution in [0, 0.1) is 10.1 Å². The average Bonchev–Trinajstić information content (AvgIpc) is 3.11. The molecule has 1 aromatic heterocycles. The zero-order valence-electron chi connectivity index (χ0n) is 14.5. The maximum Gasteiger partial charge on any atom is 0.341 e. The summed E-state index contributed by atoms with van der Waals surface area (Å²) in [4.78, 5) is 35.1. The summed E-state index contributed by atoms with van der Waals surface area (Å²) >= 11 is 4.57. The minimum atomic E-state index is -0.571. The smallest absolute Gasteiger partial charge is 0.341 e. The van der Waals surface area contributed by atoms with Gasteiger partial charge in [0.2, 0.25) is 0 Å². The van der Waals surface area contributed by atoms with Gasteiger partial charge in [-0.3, -0.25) is 14.9 Å². The van der Waals surface area contributed by atoms with Crippen LogP contribution in [-0.4, -0.2) is 23.9 Å². The molecule has 1 amide bonds. The predicted octanol–water partition coefficient (Wildman–Crippen LogP) is 5.12. The maximum atomic E-state index is 12.5. The van der Waals surface area contributed by atoms with Crippen molar-refractivity contribution in [2.45, 2.75) is 0 Å². The Morgan fingerprint density at radius 1 is 1.11 bits per heavy atom. The van der Waals surface area contributed by atoms with Gasteiger partial charge in [-0.1, -0.05) is 28.1 Å². The normalized spacial score (nSPS) is 10.4. The summed E-state index contributed by atoms with van der Waals surface area (Å²) in [5.74, 6) is -1.05. The van der Waals surface area contributed by atoms with E-state index in [1.54, 1.807) is 5.38 Å². The molecule has 3 aromatic rings. The van der Waals surface area contributed by atoms with Gasteiger partial charge in [0.05, 0.1) is 12.0 Å². The number of carbonyl (C=O) groups excluding carboxylic acids is 2. The fourth-order valence-electron chi connectivity index (χ4n) is 2.51. The van der Waals surface area contributed by atoms with Crippen LogP contribution < -0.4 is 5.32 Å². The summed E-state index contributed by atoms with van der Waals surface area (Å²) in [6, 6.07) is 12.6. The fourth-order valence-corrected chi connectivity index (χ4v) is 3.72. The van der Waals surface area contributed by atoms with Crippen LogP contribution in [0.4, 0.5) is 10.7 Å². The van der Waals surface area contributed by atoms with Crippen LogP contribution in [0.2, 0.25) is 0 Å². The lowest BCUT2D eigenvalue weighted by Gasteiger charge is -2.08. The number of hydrogen-bond donors (Lipinski definition) is 1.